The normalized spacial score (nSPS) is 12.3. The van der Waals surface area contributed by atoms with Crippen LogP contribution in [0, 0.1) is 0 Å². The van der Waals surface area contributed by atoms with Crippen molar-refractivity contribution < 1.29 is 14.3 Å². The van der Waals surface area contributed by atoms with E-state index < -0.39 is 6.29 Å². The van der Waals surface area contributed by atoms with Crippen LogP contribution in [-0.2, 0) is 9.47 Å². The van der Waals surface area contributed by atoms with E-state index in [0.29, 0.717) is 16.3 Å². The molecule has 0 heterocycles. The molecule has 0 spiro atoms. The van der Waals surface area contributed by atoms with E-state index in [9.17, 15) is 4.79 Å². The number of anilines is 1. The molecule has 0 bridgehead atoms. The molecular weight excluding hydrogens is 268 g/mol. The molecule has 19 heavy (non-hydrogen) atoms. The third kappa shape index (κ3) is 4.09. The van der Waals surface area contributed by atoms with Crippen molar-refractivity contribution in [3.05, 3.63) is 28.8 Å². The summed E-state index contributed by atoms with van der Waals surface area (Å²) in [4.78, 5) is 11.6. The van der Waals surface area contributed by atoms with Crippen LogP contribution in [0.1, 0.15) is 17.3 Å². The fourth-order valence-electron chi connectivity index (χ4n) is 1.74. The van der Waals surface area contributed by atoms with Gasteiger partial charge in [0, 0.05) is 26.8 Å². The van der Waals surface area contributed by atoms with Gasteiger partial charge in [-0.1, -0.05) is 11.6 Å². The van der Waals surface area contributed by atoms with Crippen LogP contribution >= 0.6 is 11.6 Å². The fourth-order valence-corrected chi connectivity index (χ4v) is 1.91. The zero-order valence-corrected chi connectivity index (χ0v) is 12.2. The lowest BCUT2D eigenvalue weighted by molar-refractivity contribution is -0.109. The van der Waals surface area contributed by atoms with E-state index >= 15 is 0 Å². The van der Waals surface area contributed by atoms with Crippen molar-refractivity contribution >= 4 is 23.2 Å². The van der Waals surface area contributed by atoms with Crippen molar-refractivity contribution in [3.63, 3.8) is 0 Å². The highest BCUT2D eigenvalue weighted by Crippen LogP contribution is 2.24. The van der Waals surface area contributed by atoms with E-state index in [0.717, 1.165) is 0 Å². The molecule has 1 amide bonds. The molecule has 0 radical (unpaired) electrons. The van der Waals surface area contributed by atoms with Gasteiger partial charge in [0.05, 0.1) is 16.8 Å². The molecule has 106 valence electrons. The first-order valence-electron chi connectivity index (χ1n) is 5.87. The molecule has 1 aromatic rings. The number of hydrogen-bond acceptors (Lipinski definition) is 4. The summed E-state index contributed by atoms with van der Waals surface area (Å²) in [5.74, 6) is -0.164. The maximum Gasteiger partial charge on any atom is 0.251 e. The van der Waals surface area contributed by atoms with Crippen LogP contribution in [0.4, 0.5) is 5.69 Å². The molecule has 0 aromatic heterocycles. The molecule has 2 N–H and O–H groups in total. The second kappa shape index (κ2) is 7.33. The van der Waals surface area contributed by atoms with Crippen LogP contribution < -0.4 is 10.6 Å². The van der Waals surface area contributed by atoms with Gasteiger partial charge in [-0.2, -0.15) is 0 Å². The number of methoxy groups -OCH3 is 2. The van der Waals surface area contributed by atoms with Gasteiger partial charge in [-0.3, -0.25) is 4.79 Å². The molecule has 1 unspecified atom stereocenters. The van der Waals surface area contributed by atoms with Crippen LogP contribution in [0.15, 0.2) is 18.2 Å². The van der Waals surface area contributed by atoms with E-state index in [2.05, 4.69) is 10.6 Å². The number of nitrogens with one attached hydrogen (secondary N) is 2. The highest BCUT2D eigenvalue weighted by molar-refractivity contribution is 6.33. The van der Waals surface area contributed by atoms with Crippen LogP contribution in [0.3, 0.4) is 0 Å². The maximum atomic E-state index is 11.6. The predicted octanol–water partition coefficient (Wildman–Crippen LogP) is 2.12. The van der Waals surface area contributed by atoms with Crippen molar-refractivity contribution in [2.45, 2.75) is 19.3 Å². The van der Waals surface area contributed by atoms with E-state index in [1.807, 2.05) is 6.92 Å². The minimum atomic E-state index is -0.403. The SMILES string of the molecule is CNC(=O)c1ccc(Cl)c(NC(C)C(OC)OC)c1. The van der Waals surface area contributed by atoms with Gasteiger partial charge in [-0.25, -0.2) is 0 Å². The van der Waals surface area contributed by atoms with Gasteiger partial charge in [0.1, 0.15) is 0 Å². The minimum absolute atomic E-state index is 0.118. The molecule has 1 rings (SSSR count). The Morgan fingerprint density at radius 1 is 1.32 bits per heavy atom. The van der Waals surface area contributed by atoms with Crippen LogP contribution in [-0.4, -0.2) is 39.5 Å². The first kappa shape index (κ1) is 15.8. The smallest absolute Gasteiger partial charge is 0.251 e. The molecule has 0 fully saturated rings. The summed E-state index contributed by atoms with van der Waals surface area (Å²) >= 11 is 6.10. The van der Waals surface area contributed by atoms with Crippen molar-refractivity contribution in [1.82, 2.24) is 5.32 Å². The Balaban J connectivity index is 2.90. The van der Waals surface area contributed by atoms with Gasteiger partial charge in [0.15, 0.2) is 6.29 Å². The number of carbonyl (C=O) groups is 1. The maximum absolute atomic E-state index is 11.6. The number of ether oxygens (including phenoxy) is 2. The van der Waals surface area contributed by atoms with Gasteiger partial charge < -0.3 is 20.1 Å². The molecule has 0 aliphatic carbocycles. The molecule has 0 aliphatic heterocycles. The Morgan fingerprint density at radius 2 is 1.95 bits per heavy atom. The summed E-state index contributed by atoms with van der Waals surface area (Å²) in [5.41, 5.74) is 1.20. The van der Waals surface area contributed by atoms with E-state index in [4.69, 9.17) is 21.1 Å². The second-order valence-corrected chi connectivity index (χ2v) is 4.45. The molecule has 0 saturated carbocycles. The average Bonchev–Trinajstić information content (AvgIpc) is 2.41. The number of hydrogen-bond donors (Lipinski definition) is 2. The average molecular weight is 287 g/mol. The third-order valence-corrected chi connectivity index (χ3v) is 3.04. The third-order valence-electron chi connectivity index (χ3n) is 2.71. The molecule has 6 heteroatoms. The lowest BCUT2D eigenvalue weighted by Crippen LogP contribution is -2.34. The number of rotatable bonds is 6. The Bertz CT molecular complexity index is 436. The largest absolute Gasteiger partial charge is 0.376 e. The number of amides is 1. The summed E-state index contributed by atoms with van der Waals surface area (Å²) in [6.45, 7) is 1.90. The monoisotopic (exact) mass is 286 g/mol. The van der Waals surface area contributed by atoms with Crippen molar-refractivity contribution in [2.24, 2.45) is 0 Å². The zero-order valence-electron chi connectivity index (χ0n) is 11.5. The second-order valence-electron chi connectivity index (χ2n) is 4.05. The summed E-state index contributed by atoms with van der Waals surface area (Å²) < 4.78 is 10.3. The molecule has 1 atom stereocenters. The Kier molecular flexibility index (Phi) is 6.08. The number of carbonyl (C=O) groups excluding carboxylic acids is 1. The fraction of sp³-hybridized carbons (Fsp3) is 0.462. The van der Waals surface area contributed by atoms with Gasteiger partial charge in [0.25, 0.3) is 5.91 Å². The molecule has 0 aliphatic rings. The first-order chi connectivity index (χ1) is 9.03. The standard InChI is InChI=1S/C13H19ClN2O3/c1-8(13(18-3)19-4)16-11-7-9(12(17)15-2)5-6-10(11)14/h5-8,13,16H,1-4H3,(H,15,17). The molecule has 5 nitrogen and oxygen atoms in total. The van der Waals surface area contributed by atoms with E-state index in [-0.39, 0.29) is 11.9 Å². The zero-order chi connectivity index (χ0) is 14.4. The Hall–Kier alpha value is -1.30. The highest BCUT2D eigenvalue weighted by Gasteiger charge is 2.17. The highest BCUT2D eigenvalue weighted by atomic mass is 35.5. The van der Waals surface area contributed by atoms with Gasteiger partial charge in [-0.05, 0) is 25.1 Å². The molecule has 0 saturated heterocycles. The topological polar surface area (TPSA) is 59.6 Å². The summed E-state index contributed by atoms with van der Waals surface area (Å²) in [5, 5.41) is 6.27. The van der Waals surface area contributed by atoms with Crippen LogP contribution in [0.2, 0.25) is 5.02 Å². The van der Waals surface area contributed by atoms with Crippen molar-refractivity contribution in [1.29, 1.82) is 0 Å². The summed E-state index contributed by atoms with van der Waals surface area (Å²) in [6, 6.07) is 4.92. The van der Waals surface area contributed by atoms with Crippen molar-refractivity contribution in [3.8, 4) is 0 Å². The van der Waals surface area contributed by atoms with E-state index in [1.165, 1.54) is 0 Å². The molecular formula is C13H19ClN2O3. The van der Waals surface area contributed by atoms with Crippen LogP contribution in [0.25, 0.3) is 0 Å². The quantitative estimate of drug-likeness (QED) is 0.787. The predicted molar refractivity (Wildman–Crippen MR) is 75.7 cm³/mol. The van der Waals surface area contributed by atoms with Crippen molar-refractivity contribution in [2.75, 3.05) is 26.6 Å². The van der Waals surface area contributed by atoms with E-state index in [1.54, 1.807) is 39.5 Å². The summed E-state index contributed by atoms with van der Waals surface area (Å²) in [6.07, 6.45) is -0.403. The van der Waals surface area contributed by atoms with Gasteiger partial charge >= 0.3 is 0 Å². The minimum Gasteiger partial charge on any atom is -0.376 e. The number of benzene rings is 1. The summed E-state index contributed by atoms with van der Waals surface area (Å²) in [7, 11) is 4.71. The lowest BCUT2D eigenvalue weighted by Gasteiger charge is -2.23. The molecule has 1 aromatic carbocycles. The van der Waals surface area contributed by atoms with Gasteiger partial charge in [0.2, 0.25) is 0 Å². The first-order valence-corrected chi connectivity index (χ1v) is 6.25. The van der Waals surface area contributed by atoms with Gasteiger partial charge in [-0.15, -0.1) is 0 Å². The number of halogens is 1. The Morgan fingerprint density at radius 3 is 2.47 bits per heavy atom. The lowest BCUT2D eigenvalue weighted by atomic mass is 10.1. The Labute approximate surface area is 118 Å². The van der Waals surface area contributed by atoms with Crippen LogP contribution in [0.5, 0.6) is 0 Å².